The van der Waals surface area contributed by atoms with Gasteiger partial charge in [0.1, 0.15) is 11.6 Å². The standard InChI is InChI=1S/C11H16FNO/c1-9(6-7-13-2)14-11-5-3-4-10(12)8-11/h3-5,8-9,13H,6-7H2,1-2H3. The van der Waals surface area contributed by atoms with Crippen LogP contribution in [-0.2, 0) is 0 Å². The van der Waals surface area contributed by atoms with Crippen LogP contribution in [0.15, 0.2) is 24.3 Å². The van der Waals surface area contributed by atoms with Crippen LogP contribution in [-0.4, -0.2) is 19.7 Å². The summed E-state index contributed by atoms with van der Waals surface area (Å²) in [5.74, 6) is 0.330. The van der Waals surface area contributed by atoms with Crippen LogP contribution in [0, 0.1) is 5.82 Å². The van der Waals surface area contributed by atoms with Gasteiger partial charge in [0.15, 0.2) is 0 Å². The summed E-state index contributed by atoms with van der Waals surface area (Å²) in [5.41, 5.74) is 0. The summed E-state index contributed by atoms with van der Waals surface area (Å²) < 4.78 is 18.3. The summed E-state index contributed by atoms with van der Waals surface area (Å²) in [6.45, 7) is 2.87. The van der Waals surface area contributed by atoms with E-state index in [1.54, 1.807) is 12.1 Å². The van der Waals surface area contributed by atoms with Crippen LogP contribution in [0.5, 0.6) is 5.75 Å². The highest BCUT2D eigenvalue weighted by Gasteiger charge is 2.03. The van der Waals surface area contributed by atoms with Gasteiger partial charge in [-0.25, -0.2) is 4.39 Å². The average molecular weight is 197 g/mol. The summed E-state index contributed by atoms with van der Waals surface area (Å²) in [6.07, 6.45) is 1.01. The quantitative estimate of drug-likeness (QED) is 0.781. The second-order valence-electron chi connectivity index (χ2n) is 3.28. The van der Waals surface area contributed by atoms with Crippen molar-refractivity contribution in [1.82, 2.24) is 5.32 Å². The molecule has 0 spiro atoms. The molecule has 1 N–H and O–H groups in total. The molecule has 0 bridgehead atoms. The van der Waals surface area contributed by atoms with Crippen LogP contribution in [0.4, 0.5) is 4.39 Å². The molecular formula is C11H16FNO. The van der Waals surface area contributed by atoms with E-state index < -0.39 is 0 Å². The third-order valence-electron chi connectivity index (χ3n) is 1.93. The Balaban J connectivity index is 2.43. The van der Waals surface area contributed by atoms with Gasteiger partial charge in [-0.05, 0) is 39.1 Å². The maximum Gasteiger partial charge on any atom is 0.126 e. The molecule has 1 rings (SSSR count). The molecule has 1 atom stereocenters. The Morgan fingerprint density at radius 2 is 2.29 bits per heavy atom. The van der Waals surface area contributed by atoms with Crippen molar-refractivity contribution in [3.05, 3.63) is 30.1 Å². The molecule has 0 aliphatic carbocycles. The predicted octanol–water partition coefficient (Wildman–Crippen LogP) is 2.20. The number of hydrogen-bond acceptors (Lipinski definition) is 2. The van der Waals surface area contributed by atoms with Crippen molar-refractivity contribution in [2.45, 2.75) is 19.4 Å². The summed E-state index contributed by atoms with van der Waals surface area (Å²) in [5, 5.41) is 3.04. The van der Waals surface area contributed by atoms with Gasteiger partial charge >= 0.3 is 0 Å². The first-order valence-corrected chi connectivity index (χ1v) is 4.79. The van der Waals surface area contributed by atoms with E-state index in [0.717, 1.165) is 13.0 Å². The van der Waals surface area contributed by atoms with Crippen LogP contribution in [0.25, 0.3) is 0 Å². The van der Waals surface area contributed by atoms with Crippen LogP contribution in [0.1, 0.15) is 13.3 Å². The second kappa shape index (κ2) is 5.60. The number of ether oxygens (including phenoxy) is 1. The van der Waals surface area contributed by atoms with Gasteiger partial charge in [0.05, 0.1) is 6.10 Å². The highest BCUT2D eigenvalue weighted by atomic mass is 19.1. The van der Waals surface area contributed by atoms with Gasteiger partial charge < -0.3 is 10.1 Å². The topological polar surface area (TPSA) is 21.3 Å². The van der Waals surface area contributed by atoms with Crippen molar-refractivity contribution in [3.63, 3.8) is 0 Å². The lowest BCUT2D eigenvalue weighted by Crippen LogP contribution is -2.19. The Hall–Kier alpha value is -1.09. The molecule has 0 aromatic heterocycles. The molecule has 0 saturated carbocycles. The monoisotopic (exact) mass is 197 g/mol. The molecule has 1 aromatic rings. The van der Waals surface area contributed by atoms with E-state index in [2.05, 4.69) is 5.32 Å². The predicted molar refractivity (Wildman–Crippen MR) is 55.0 cm³/mol. The first-order chi connectivity index (χ1) is 6.72. The third kappa shape index (κ3) is 3.75. The molecule has 0 heterocycles. The summed E-state index contributed by atoms with van der Waals surface area (Å²) in [7, 11) is 1.90. The molecule has 1 unspecified atom stereocenters. The zero-order chi connectivity index (χ0) is 10.4. The lowest BCUT2D eigenvalue weighted by molar-refractivity contribution is 0.210. The Bertz CT molecular complexity index is 278. The molecule has 0 fully saturated rings. The Morgan fingerprint density at radius 3 is 2.93 bits per heavy atom. The van der Waals surface area contributed by atoms with Crippen molar-refractivity contribution in [3.8, 4) is 5.75 Å². The Morgan fingerprint density at radius 1 is 1.50 bits per heavy atom. The number of hydrogen-bond donors (Lipinski definition) is 1. The van der Waals surface area contributed by atoms with E-state index in [1.165, 1.54) is 12.1 Å². The van der Waals surface area contributed by atoms with Crippen LogP contribution >= 0.6 is 0 Å². The number of benzene rings is 1. The fourth-order valence-electron chi connectivity index (χ4n) is 1.18. The first-order valence-electron chi connectivity index (χ1n) is 4.79. The van der Waals surface area contributed by atoms with Crippen molar-refractivity contribution >= 4 is 0 Å². The number of nitrogens with one attached hydrogen (secondary N) is 1. The van der Waals surface area contributed by atoms with Crippen LogP contribution in [0.2, 0.25) is 0 Å². The normalized spacial score (nSPS) is 12.5. The molecule has 0 aliphatic heterocycles. The van der Waals surface area contributed by atoms with E-state index in [9.17, 15) is 4.39 Å². The first kappa shape index (κ1) is 11.0. The molecule has 0 radical (unpaired) electrons. The van der Waals surface area contributed by atoms with Gasteiger partial charge in [-0.2, -0.15) is 0 Å². The fourth-order valence-corrected chi connectivity index (χ4v) is 1.18. The van der Waals surface area contributed by atoms with Gasteiger partial charge in [0.25, 0.3) is 0 Å². The number of halogens is 1. The van der Waals surface area contributed by atoms with E-state index in [-0.39, 0.29) is 11.9 Å². The zero-order valence-electron chi connectivity index (χ0n) is 8.59. The minimum Gasteiger partial charge on any atom is -0.491 e. The molecule has 0 saturated heterocycles. The van der Waals surface area contributed by atoms with Gasteiger partial charge in [0.2, 0.25) is 0 Å². The molecule has 14 heavy (non-hydrogen) atoms. The lowest BCUT2D eigenvalue weighted by atomic mass is 10.2. The minimum absolute atomic E-state index is 0.101. The van der Waals surface area contributed by atoms with Crippen LogP contribution < -0.4 is 10.1 Å². The van der Waals surface area contributed by atoms with Crippen molar-refractivity contribution in [2.75, 3.05) is 13.6 Å². The van der Waals surface area contributed by atoms with Crippen LogP contribution in [0.3, 0.4) is 0 Å². The zero-order valence-corrected chi connectivity index (χ0v) is 8.59. The lowest BCUT2D eigenvalue weighted by Gasteiger charge is -2.14. The van der Waals surface area contributed by atoms with E-state index in [0.29, 0.717) is 5.75 Å². The van der Waals surface area contributed by atoms with Gasteiger partial charge in [-0.3, -0.25) is 0 Å². The van der Waals surface area contributed by atoms with Gasteiger partial charge in [-0.1, -0.05) is 6.07 Å². The van der Waals surface area contributed by atoms with Gasteiger partial charge in [-0.15, -0.1) is 0 Å². The maximum atomic E-state index is 12.8. The highest BCUT2D eigenvalue weighted by Crippen LogP contribution is 2.14. The molecule has 78 valence electrons. The maximum absolute atomic E-state index is 12.8. The van der Waals surface area contributed by atoms with Crippen molar-refractivity contribution in [1.29, 1.82) is 0 Å². The molecule has 0 amide bonds. The highest BCUT2D eigenvalue weighted by molar-refractivity contribution is 5.22. The largest absolute Gasteiger partial charge is 0.491 e. The molecule has 3 heteroatoms. The molecule has 0 aliphatic rings. The Labute approximate surface area is 84.1 Å². The van der Waals surface area contributed by atoms with Crippen molar-refractivity contribution in [2.24, 2.45) is 0 Å². The number of rotatable bonds is 5. The average Bonchev–Trinajstić information content (AvgIpc) is 2.15. The minimum atomic E-state index is -0.261. The van der Waals surface area contributed by atoms with E-state index >= 15 is 0 Å². The SMILES string of the molecule is CNCCC(C)Oc1cccc(F)c1. The Kier molecular flexibility index (Phi) is 4.40. The second-order valence-corrected chi connectivity index (χ2v) is 3.28. The molecular weight excluding hydrogens is 181 g/mol. The van der Waals surface area contributed by atoms with E-state index in [4.69, 9.17) is 4.74 Å². The fraction of sp³-hybridized carbons (Fsp3) is 0.455. The smallest absolute Gasteiger partial charge is 0.126 e. The van der Waals surface area contributed by atoms with Gasteiger partial charge in [0, 0.05) is 6.07 Å². The van der Waals surface area contributed by atoms with E-state index in [1.807, 2.05) is 14.0 Å². The summed E-state index contributed by atoms with van der Waals surface area (Å²) >= 11 is 0. The summed E-state index contributed by atoms with van der Waals surface area (Å²) in [4.78, 5) is 0. The third-order valence-corrected chi connectivity index (χ3v) is 1.93. The molecule has 1 aromatic carbocycles. The summed E-state index contributed by atoms with van der Waals surface area (Å²) in [6, 6.07) is 6.22. The van der Waals surface area contributed by atoms with Crippen molar-refractivity contribution < 1.29 is 9.13 Å². The molecule has 2 nitrogen and oxygen atoms in total.